The maximum atomic E-state index is 12.5. The predicted molar refractivity (Wildman–Crippen MR) is 96.4 cm³/mol. The first kappa shape index (κ1) is 20.0. The number of nitrogens with one attached hydrogen (secondary N) is 1. The molecule has 0 spiro atoms. The van der Waals surface area contributed by atoms with Gasteiger partial charge in [-0.15, -0.1) is 11.3 Å². The van der Waals surface area contributed by atoms with Gasteiger partial charge in [-0.1, -0.05) is 45.0 Å². The first-order valence-electron chi connectivity index (χ1n) is 7.74. The maximum absolute atomic E-state index is 12.5. The van der Waals surface area contributed by atoms with E-state index in [2.05, 4.69) is 20.8 Å². The molecule has 8 heteroatoms. The van der Waals surface area contributed by atoms with E-state index >= 15 is 0 Å². The van der Waals surface area contributed by atoms with Gasteiger partial charge in [-0.3, -0.25) is 9.59 Å². The Balaban J connectivity index is 2.53. The summed E-state index contributed by atoms with van der Waals surface area (Å²) in [5, 5.41) is 1.55. The highest BCUT2D eigenvalue weighted by Gasteiger charge is 2.40. The van der Waals surface area contributed by atoms with Crippen molar-refractivity contribution in [2.24, 2.45) is 5.73 Å². The highest BCUT2D eigenvalue weighted by atomic mass is 32.1. The fraction of sp³-hybridized carbons (Fsp3) is 0.333. The van der Waals surface area contributed by atoms with Crippen LogP contribution in [-0.2, 0) is 10.2 Å². The summed E-state index contributed by atoms with van der Waals surface area (Å²) in [5.41, 5.74) is 7.35. The summed E-state index contributed by atoms with van der Waals surface area (Å²) in [7, 11) is 0. The van der Waals surface area contributed by atoms with Crippen molar-refractivity contribution < 1.29 is 22.8 Å². The van der Waals surface area contributed by atoms with Crippen LogP contribution in [0.2, 0.25) is 0 Å². The molecule has 2 amide bonds. The number of hydrogen-bond donors (Lipinski definition) is 2. The lowest BCUT2D eigenvalue weighted by Gasteiger charge is -2.19. The minimum Gasteiger partial charge on any atom is -0.365 e. The van der Waals surface area contributed by atoms with E-state index in [1.165, 1.54) is 0 Å². The van der Waals surface area contributed by atoms with Crippen molar-refractivity contribution in [1.29, 1.82) is 0 Å². The average molecular weight is 384 g/mol. The first-order chi connectivity index (χ1) is 11.8. The Hall–Kier alpha value is -2.35. The molecule has 1 aromatic carbocycles. The first-order valence-corrected chi connectivity index (χ1v) is 8.56. The number of carbonyl (C=O) groups is 2. The van der Waals surface area contributed by atoms with E-state index in [4.69, 9.17) is 5.73 Å². The molecule has 140 valence electrons. The molecule has 0 unspecified atom stereocenters. The van der Waals surface area contributed by atoms with Crippen molar-refractivity contribution in [3.05, 3.63) is 40.3 Å². The highest BCUT2D eigenvalue weighted by molar-refractivity contribution is 7.17. The van der Waals surface area contributed by atoms with Crippen molar-refractivity contribution in [2.45, 2.75) is 39.3 Å². The summed E-state index contributed by atoms with van der Waals surface area (Å²) < 4.78 is 37.6. The molecule has 0 fully saturated rings. The molecule has 0 radical (unpaired) electrons. The summed E-state index contributed by atoms with van der Waals surface area (Å²) in [6.45, 7) is 7.82. The Kier molecular flexibility index (Phi) is 5.19. The molecule has 0 saturated heterocycles. The van der Waals surface area contributed by atoms with E-state index in [1.807, 2.05) is 12.1 Å². The standard InChI is InChI=1S/C18H19F3N2O2S/c1-9-12(10-5-7-11(8-6-10)17(2,3)4)13(14(22)24)15(26-9)23-16(25)18(19,20)21/h5-8H,1-4H3,(H2,22,24)(H,23,25). The van der Waals surface area contributed by atoms with Crippen molar-refractivity contribution in [1.82, 2.24) is 0 Å². The van der Waals surface area contributed by atoms with Gasteiger partial charge in [-0.05, 0) is 23.5 Å². The normalized spacial score (nSPS) is 12.1. The molecule has 1 aromatic heterocycles. The smallest absolute Gasteiger partial charge is 0.365 e. The monoisotopic (exact) mass is 384 g/mol. The largest absolute Gasteiger partial charge is 0.471 e. The van der Waals surface area contributed by atoms with E-state index < -0.39 is 18.0 Å². The Morgan fingerprint density at radius 1 is 1.08 bits per heavy atom. The van der Waals surface area contributed by atoms with Gasteiger partial charge in [0.25, 0.3) is 5.91 Å². The molecule has 2 rings (SSSR count). The molecule has 26 heavy (non-hydrogen) atoms. The number of primary amides is 1. The topological polar surface area (TPSA) is 72.2 Å². The van der Waals surface area contributed by atoms with E-state index in [-0.39, 0.29) is 16.0 Å². The third-order valence-corrected chi connectivity index (χ3v) is 4.88. The van der Waals surface area contributed by atoms with E-state index in [1.54, 1.807) is 24.4 Å². The number of halogens is 3. The molecule has 0 aliphatic carbocycles. The summed E-state index contributed by atoms with van der Waals surface area (Å²) in [6, 6.07) is 7.37. The van der Waals surface area contributed by atoms with Crippen LogP contribution in [0.1, 0.15) is 41.6 Å². The van der Waals surface area contributed by atoms with Crippen LogP contribution < -0.4 is 11.1 Å². The van der Waals surface area contributed by atoms with Gasteiger partial charge < -0.3 is 11.1 Å². The SMILES string of the molecule is Cc1sc(NC(=O)C(F)(F)F)c(C(N)=O)c1-c1ccc(C(C)(C)C)cc1. The predicted octanol–water partition coefficient (Wildman–Crippen LogP) is 4.62. The Bertz CT molecular complexity index is 847. The Morgan fingerprint density at radius 3 is 2.04 bits per heavy atom. The summed E-state index contributed by atoms with van der Waals surface area (Å²) in [4.78, 5) is 23.7. The zero-order valence-electron chi connectivity index (χ0n) is 14.7. The van der Waals surface area contributed by atoms with E-state index in [0.717, 1.165) is 16.9 Å². The number of nitrogens with two attached hydrogens (primary N) is 1. The van der Waals surface area contributed by atoms with Gasteiger partial charge in [0.2, 0.25) is 0 Å². The molecule has 0 atom stereocenters. The second kappa shape index (κ2) is 6.75. The summed E-state index contributed by atoms with van der Waals surface area (Å²) >= 11 is 0.886. The highest BCUT2D eigenvalue weighted by Crippen LogP contribution is 2.40. The number of alkyl halides is 3. The van der Waals surface area contributed by atoms with E-state index in [9.17, 15) is 22.8 Å². The van der Waals surface area contributed by atoms with Gasteiger partial charge in [0, 0.05) is 10.4 Å². The van der Waals surface area contributed by atoms with Gasteiger partial charge in [-0.2, -0.15) is 13.2 Å². The number of thiophene rings is 1. The van der Waals surface area contributed by atoms with Crippen molar-refractivity contribution in [3.63, 3.8) is 0 Å². The van der Waals surface area contributed by atoms with Gasteiger partial charge >= 0.3 is 12.1 Å². The Labute approximate surface area is 153 Å². The summed E-state index contributed by atoms with van der Waals surface area (Å²) in [6.07, 6.45) is -5.05. The molecule has 2 aromatic rings. The van der Waals surface area contributed by atoms with Crippen LogP contribution in [0.3, 0.4) is 0 Å². The molecule has 0 aliphatic rings. The lowest BCUT2D eigenvalue weighted by atomic mass is 9.86. The van der Waals surface area contributed by atoms with Crippen molar-refractivity contribution in [2.75, 3.05) is 5.32 Å². The number of benzene rings is 1. The fourth-order valence-corrected chi connectivity index (χ4v) is 3.60. The van der Waals surface area contributed by atoms with Crippen LogP contribution in [-0.4, -0.2) is 18.0 Å². The molecule has 3 N–H and O–H groups in total. The molecule has 1 heterocycles. The van der Waals surface area contributed by atoms with Crippen molar-refractivity contribution >= 4 is 28.2 Å². The molecule has 0 aliphatic heterocycles. The number of carbonyl (C=O) groups excluding carboxylic acids is 2. The van der Waals surface area contributed by atoms with Crippen LogP contribution in [0, 0.1) is 6.92 Å². The average Bonchev–Trinajstić information content (AvgIpc) is 2.81. The van der Waals surface area contributed by atoms with Crippen LogP contribution in [0.15, 0.2) is 24.3 Å². The molecule has 4 nitrogen and oxygen atoms in total. The third kappa shape index (κ3) is 4.07. The van der Waals surface area contributed by atoms with Crippen LogP contribution in [0.25, 0.3) is 11.1 Å². The van der Waals surface area contributed by atoms with Gasteiger partial charge in [-0.25, -0.2) is 0 Å². The molecule has 0 saturated carbocycles. The lowest BCUT2D eigenvalue weighted by molar-refractivity contribution is -0.167. The van der Waals surface area contributed by atoms with E-state index in [0.29, 0.717) is 16.0 Å². The van der Waals surface area contributed by atoms with Gasteiger partial charge in [0.1, 0.15) is 5.00 Å². The van der Waals surface area contributed by atoms with Gasteiger partial charge in [0.15, 0.2) is 0 Å². The number of rotatable bonds is 3. The minimum atomic E-state index is -5.05. The fourth-order valence-electron chi connectivity index (χ4n) is 2.53. The second-order valence-electron chi connectivity index (χ2n) is 6.88. The molecule has 0 bridgehead atoms. The molecular formula is C18H19F3N2O2S. The number of hydrogen-bond acceptors (Lipinski definition) is 3. The van der Waals surface area contributed by atoms with Crippen LogP contribution >= 0.6 is 11.3 Å². The van der Waals surface area contributed by atoms with Crippen LogP contribution in [0.4, 0.5) is 18.2 Å². The summed E-state index contributed by atoms with van der Waals surface area (Å²) in [5.74, 6) is -3.04. The second-order valence-corrected chi connectivity index (χ2v) is 8.11. The zero-order valence-corrected chi connectivity index (χ0v) is 15.6. The van der Waals surface area contributed by atoms with Crippen LogP contribution in [0.5, 0.6) is 0 Å². The minimum absolute atomic E-state index is 0.0689. The molecular weight excluding hydrogens is 365 g/mol. The number of aryl methyl sites for hydroxylation is 1. The maximum Gasteiger partial charge on any atom is 0.471 e. The Morgan fingerprint density at radius 2 is 1.62 bits per heavy atom. The number of amides is 2. The lowest BCUT2D eigenvalue weighted by Crippen LogP contribution is -2.30. The zero-order chi connectivity index (χ0) is 19.9. The van der Waals surface area contributed by atoms with Gasteiger partial charge in [0.05, 0.1) is 5.56 Å². The third-order valence-electron chi connectivity index (χ3n) is 3.85. The number of anilines is 1. The quantitative estimate of drug-likeness (QED) is 0.810. The van der Waals surface area contributed by atoms with Crippen molar-refractivity contribution in [3.8, 4) is 11.1 Å².